The van der Waals surface area contributed by atoms with Crippen LogP contribution in [0.4, 0.5) is 0 Å². The van der Waals surface area contributed by atoms with Crippen molar-refractivity contribution in [1.29, 1.82) is 0 Å². The second kappa shape index (κ2) is 7.52. The number of carbonyl (C=O) groups is 1. The number of β-amino-alcohol motifs (C(OH)–C–C–N with tert-alkyl or cyclic N) is 1. The van der Waals surface area contributed by atoms with E-state index in [1.807, 2.05) is 61.5 Å². The Bertz CT molecular complexity index is 1330. The number of hydrogen-bond donors (Lipinski definition) is 1. The number of rotatable bonds is 4. The summed E-state index contributed by atoms with van der Waals surface area (Å²) in [6, 6.07) is 23.2. The number of nitrogens with zero attached hydrogens (tertiary/aromatic N) is 1. The molecule has 154 valence electrons. The highest BCUT2D eigenvalue weighted by atomic mass is 16.3. The van der Waals surface area contributed by atoms with Gasteiger partial charge < -0.3 is 14.4 Å². The topological polar surface area (TPSA) is 70.8 Å². The summed E-state index contributed by atoms with van der Waals surface area (Å²) in [5.41, 5.74) is 3.08. The van der Waals surface area contributed by atoms with Crippen LogP contribution >= 0.6 is 0 Å². The summed E-state index contributed by atoms with van der Waals surface area (Å²) in [6.45, 7) is 2.03. The van der Waals surface area contributed by atoms with E-state index in [2.05, 4.69) is 0 Å². The minimum Gasteiger partial charge on any atom is -0.450 e. The molecule has 1 aromatic heterocycles. The Kier molecular flexibility index (Phi) is 4.68. The van der Waals surface area contributed by atoms with Crippen molar-refractivity contribution in [2.24, 2.45) is 0 Å². The van der Waals surface area contributed by atoms with E-state index in [-0.39, 0.29) is 17.7 Å². The van der Waals surface area contributed by atoms with Crippen LogP contribution in [0.5, 0.6) is 0 Å². The van der Waals surface area contributed by atoms with Gasteiger partial charge in [-0.3, -0.25) is 9.59 Å². The first-order valence-electron chi connectivity index (χ1n) is 10.2. The number of carbonyl (C=O) groups excluding carboxylic acids is 1. The zero-order valence-electron chi connectivity index (χ0n) is 17.0. The molecular formula is C26H21NO4. The fourth-order valence-electron chi connectivity index (χ4n) is 4.22. The van der Waals surface area contributed by atoms with E-state index in [0.29, 0.717) is 22.1 Å². The molecule has 1 amide bonds. The first-order valence-corrected chi connectivity index (χ1v) is 10.2. The molecule has 3 aromatic carbocycles. The number of aryl methyl sites for hydroxylation is 1. The molecule has 1 aliphatic rings. The quantitative estimate of drug-likeness (QED) is 0.541. The van der Waals surface area contributed by atoms with Gasteiger partial charge in [-0.05, 0) is 30.2 Å². The molecule has 0 saturated carbocycles. The minimum absolute atomic E-state index is 0.0430. The summed E-state index contributed by atoms with van der Waals surface area (Å²) < 4.78 is 5.92. The summed E-state index contributed by atoms with van der Waals surface area (Å²) in [5.74, 6) is -0.340. The lowest BCUT2D eigenvalue weighted by Crippen LogP contribution is -2.33. The van der Waals surface area contributed by atoms with Gasteiger partial charge in [0, 0.05) is 0 Å². The molecule has 0 spiro atoms. The third-order valence-electron chi connectivity index (χ3n) is 5.82. The van der Waals surface area contributed by atoms with Crippen LogP contribution in [0.15, 0.2) is 88.1 Å². The first-order chi connectivity index (χ1) is 15.0. The van der Waals surface area contributed by atoms with Gasteiger partial charge in [-0.1, -0.05) is 72.3 Å². The Morgan fingerprint density at radius 2 is 1.61 bits per heavy atom. The van der Waals surface area contributed by atoms with Crippen molar-refractivity contribution in [3.8, 4) is 0 Å². The molecule has 0 fully saturated rings. The highest BCUT2D eigenvalue weighted by molar-refractivity contribution is 5.99. The smallest absolute Gasteiger partial charge is 0.291 e. The molecule has 0 bridgehead atoms. The van der Waals surface area contributed by atoms with Crippen molar-refractivity contribution in [1.82, 2.24) is 4.90 Å². The molecule has 0 saturated heterocycles. The number of para-hydroxylation sites is 1. The molecule has 2 atom stereocenters. The second-order valence-corrected chi connectivity index (χ2v) is 7.87. The van der Waals surface area contributed by atoms with E-state index in [9.17, 15) is 14.7 Å². The highest BCUT2D eigenvalue weighted by Crippen LogP contribution is 2.39. The van der Waals surface area contributed by atoms with Gasteiger partial charge >= 0.3 is 0 Å². The van der Waals surface area contributed by atoms with Crippen molar-refractivity contribution in [3.05, 3.63) is 117 Å². The summed E-state index contributed by atoms with van der Waals surface area (Å²) in [7, 11) is 0. The number of amides is 1. The van der Waals surface area contributed by atoms with Gasteiger partial charge in [-0.25, -0.2) is 0 Å². The Balaban J connectivity index is 1.67. The zero-order valence-corrected chi connectivity index (χ0v) is 17.0. The van der Waals surface area contributed by atoms with Crippen LogP contribution in [-0.4, -0.2) is 22.5 Å². The second-order valence-electron chi connectivity index (χ2n) is 7.87. The SMILES string of the molecule is Cc1ccc([C@@H]2c3c(oc4ccccc4c3=O)C(=O)N2C[C@H](O)c2ccccc2)cc1. The van der Waals surface area contributed by atoms with Crippen LogP contribution < -0.4 is 5.43 Å². The van der Waals surface area contributed by atoms with Crippen molar-refractivity contribution >= 4 is 16.9 Å². The lowest BCUT2D eigenvalue weighted by atomic mass is 9.97. The van der Waals surface area contributed by atoms with E-state index < -0.39 is 18.1 Å². The average Bonchev–Trinajstić information content (AvgIpc) is 3.07. The largest absolute Gasteiger partial charge is 0.450 e. The molecule has 2 heterocycles. The fourth-order valence-corrected chi connectivity index (χ4v) is 4.22. The van der Waals surface area contributed by atoms with Gasteiger partial charge in [0.05, 0.1) is 29.6 Å². The summed E-state index contributed by atoms with van der Waals surface area (Å²) in [4.78, 5) is 28.3. The van der Waals surface area contributed by atoms with Gasteiger partial charge in [0.2, 0.25) is 5.76 Å². The monoisotopic (exact) mass is 411 g/mol. The molecule has 0 unspecified atom stereocenters. The maximum absolute atomic E-state index is 13.4. The molecule has 0 aliphatic carbocycles. The zero-order chi connectivity index (χ0) is 21.5. The minimum atomic E-state index is -0.892. The van der Waals surface area contributed by atoms with Gasteiger partial charge in [0.25, 0.3) is 5.91 Å². The van der Waals surface area contributed by atoms with E-state index >= 15 is 0 Å². The van der Waals surface area contributed by atoms with E-state index in [4.69, 9.17) is 4.42 Å². The van der Waals surface area contributed by atoms with Gasteiger partial charge in [-0.2, -0.15) is 0 Å². The van der Waals surface area contributed by atoms with Crippen molar-refractivity contribution in [2.45, 2.75) is 19.1 Å². The first kappa shape index (κ1) is 19.3. The van der Waals surface area contributed by atoms with Crippen molar-refractivity contribution in [3.63, 3.8) is 0 Å². The molecule has 5 heteroatoms. The number of benzene rings is 3. The van der Waals surface area contributed by atoms with Gasteiger partial charge in [0.15, 0.2) is 5.43 Å². The number of hydrogen-bond acceptors (Lipinski definition) is 4. The molecule has 5 rings (SSSR count). The fraction of sp³-hybridized carbons (Fsp3) is 0.154. The molecule has 1 N–H and O–H groups in total. The Labute approximate surface area is 179 Å². The maximum atomic E-state index is 13.4. The molecular weight excluding hydrogens is 390 g/mol. The lowest BCUT2D eigenvalue weighted by Gasteiger charge is -2.27. The van der Waals surface area contributed by atoms with Gasteiger partial charge in [-0.15, -0.1) is 0 Å². The third-order valence-corrected chi connectivity index (χ3v) is 5.82. The normalized spacial score (nSPS) is 16.5. The highest BCUT2D eigenvalue weighted by Gasteiger charge is 2.43. The standard InChI is InChI=1S/C26H21NO4/c1-16-11-13-18(14-12-16)23-22-24(29)19-9-5-6-10-21(19)31-25(22)26(30)27(23)15-20(28)17-7-3-2-4-8-17/h2-14,20,23,28H,15H2,1H3/t20-,23+/m0/s1. The van der Waals surface area contributed by atoms with Crippen LogP contribution in [0.1, 0.15) is 45.0 Å². The van der Waals surface area contributed by atoms with Crippen LogP contribution in [0.2, 0.25) is 0 Å². The number of aliphatic hydroxyl groups is 1. The molecule has 4 aromatic rings. The van der Waals surface area contributed by atoms with E-state index in [1.165, 1.54) is 4.90 Å². The summed E-state index contributed by atoms with van der Waals surface area (Å²) in [5, 5.41) is 11.3. The summed E-state index contributed by atoms with van der Waals surface area (Å²) >= 11 is 0. The molecule has 0 radical (unpaired) electrons. The molecule has 31 heavy (non-hydrogen) atoms. The number of aliphatic hydroxyl groups excluding tert-OH is 1. The maximum Gasteiger partial charge on any atom is 0.291 e. The predicted octanol–water partition coefficient (Wildman–Crippen LogP) is 4.38. The van der Waals surface area contributed by atoms with Crippen LogP contribution in [0, 0.1) is 6.92 Å². The Hall–Kier alpha value is -3.70. The number of fused-ring (bicyclic) bond motifs is 2. The average molecular weight is 411 g/mol. The Morgan fingerprint density at radius 3 is 2.35 bits per heavy atom. The van der Waals surface area contributed by atoms with Crippen LogP contribution in [0.3, 0.4) is 0 Å². The van der Waals surface area contributed by atoms with Crippen molar-refractivity contribution in [2.75, 3.05) is 6.54 Å². The lowest BCUT2D eigenvalue weighted by molar-refractivity contribution is 0.0583. The third kappa shape index (κ3) is 3.23. The van der Waals surface area contributed by atoms with Gasteiger partial charge in [0.1, 0.15) is 5.58 Å². The molecule has 5 nitrogen and oxygen atoms in total. The van der Waals surface area contributed by atoms with Crippen molar-refractivity contribution < 1.29 is 14.3 Å². The van der Waals surface area contributed by atoms with Crippen LogP contribution in [0.25, 0.3) is 11.0 Å². The van der Waals surface area contributed by atoms with E-state index in [1.54, 1.807) is 24.3 Å². The van der Waals surface area contributed by atoms with Crippen LogP contribution in [-0.2, 0) is 0 Å². The van der Waals surface area contributed by atoms with E-state index in [0.717, 1.165) is 11.1 Å². The summed E-state index contributed by atoms with van der Waals surface area (Å²) in [6.07, 6.45) is -0.892. The predicted molar refractivity (Wildman–Crippen MR) is 118 cm³/mol. The Morgan fingerprint density at radius 1 is 0.935 bits per heavy atom. The molecule has 1 aliphatic heterocycles.